The molecule has 36 heavy (non-hydrogen) atoms. The van der Waals surface area contributed by atoms with Gasteiger partial charge in [-0.1, -0.05) is 18.2 Å². The Labute approximate surface area is 208 Å². The molecule has 4 heterocycles. The standard InChI is InChI=1S/C29H26N4O3/c34-18-33(21-4-3-5-21)26-17-20(10-11-30-26)19-8-9-24-23(16-19)28(32-12-14-35-15-13-32)29-27(31-24)22-6-1-2-7-25(22)36-29/h1-2,6-11,16-18,21H,3-5,12-15H2. The molecular weight excluding hydrogens is 452 g/mol. The fourth-order valence-corrected chi connectivity index (χ4v) is 5.38. The number of fused-ring (bicyclic) bond motifs is 4. The molecule has 2 aromatic carbocycles. The first-order chi connectivity index (χ1) is 17.8. The highest BCUT2D eigenvalue weighted by atomic mass is 16.5. The van der Waals surface area contributed by atoms with E-state index in [9.17, 15) is 4.79 Å². The molecule has 180 valence electrons. The molecule has 7 nitrogen and oxygen atoms in total. The molecule has 1 saturated heterocycles. The Morgan fingerprint density at radius 3 is 2.61 bits per heavy atom. The number of carbonyl (C=O) groups is 1. The minimum atomic E-state index is 0.250. The monoisotopic (exact) mass is 478 g/mol. The maximum Gasteiger partial charge on any atom is 0.215 e. The third-order valence-corrected chi connectivity index (χ3v) is 7.52. The lowest BCUT2D eigenvalue weighted by Crippen LogP contribution is -2.39. The van der Waals surface area contributed by atoms with Crippen LogP contribution in [0.4, 0.5) is 11.5 Å². The van der Waals surface area contributed by atoms with Gasteiger partial charge >= 0.3 is 0 Å². The zero-order valence-electron chi connectivity index (χ0n) is 19.9. The lowest BCUT2D eigenvalue weighted by Gasteiger charge is -2.34. The average molecular weight is 479 g/mol. The molecule has 7 heteroatoms. The molecule has 1 aliphatic heterocycles. The Kier molecular flexibility index (Phi) is 5.10. The number of ether oxygens (including phenoxy) is 1. The van der Waals surface area contributed by atoms with Crippen LogP contribution < -0.4 is 9.80 Å². The number of anilines is 2. The molecule has 1 amide bonds. The van der Waals surface area contributed by atoms with Crippen LogP contribution >= 0.6 is 0 Å². The lowest BCUT2D eigenvalue weighted by atomic mass is 9.92. The number of hydrogen-bond acceptors (Lipinski definition) is 6. The van der Waals surface area contributed by atoms with Gasteiger partial charge in [0, 0.05) is 36.1 Å². The van der Waals surface area contributed by atoms with E-state index in [2.05, 4.69) is 34.1 Å². The topological polar surface area (TPSA) is 71.7 Å². The van der Waals surface area contributed by atoms with Gasteiger partial charge in [0.25, 0.3) is 0 Å². The van der Waals surface area contributed by atoms with Gasteiger partial charge in [0.05, 0.1) is 24.4 Å². The summed E-state index contributed by atoms with van der Waals surface area (Å²) in [6.07, 6.45) is 5.92. The van der Waals surface area contributed by atoms with Crippen LogP contribution in [-0.4, -0.2) is 48.7 Å². The van der Waals surface area contributed by atoms with E-state index < -0.39 is 0 Å². The van der Waals surface area contributed by atoms with Crippen molar-refractivity contribution in [2.75, 3.05) is 36.1 Å². The predicted octanol–water partition coefficient (Wildman–Crippen LogP) is 5.55. The zero-order valence-corrected chi connectivity index (χ0v) is 19.9. The second-order valence-electron chi connectivity index (χ2n) is 9.57. The van der Waals surface area contributed by atoms with Crippen molar-refractivity contribution >= 4 is 50.9 Å². The fraction of sp³-hybridized carbons (Fsp3) is 0.276. The first-order valence-electron chi connectivity index (χ1n) is 12.6. The summed E-state index contributed by atoms with van der Waals surface area (Å²) < 4.78 is 12.0. The summed E-state index contributed by atoms with van der Waals surface area (Å²) in [7, 11) is 0. The molecule has 0 N–H and O–H groups in total. The number of nitrogens with zero attached hydrogens (tertiary/aromatic N) is 4. The van der Waals surface area contributed by atoms with Crippen LogP contribution in [0.3, 0.4) is 0 Å². The van der Waals surface area contributed by atoms with Gasteiger partial charge in [0.15, 0.2) is 5.58 Å². The molecule has 0 bridgehead atoms. The summed E-state index contributed by atoms with van der Waals surface area (Å²) in [4.78, 5) is 25.5. The molecule has 1 aliphatic carbocycles. The van der Waals surface area contributed by atoms with Crippen molar-refractivity contribution in [1.29, 1.82) is 0 Å². The van der Waals surface area contributed by atoms with Gasteiger partial charge in [0.2, 0.25) is 6.41 Å². The van der Waals surface area contributed by atoms with Crippen LogP contribution in [0.15, 0.2) is 65.2 Å². The first-order valence-corrected chi connectivity index (χ1v) is 12.6. The molecule has 0 radical (unpaired) electrons. The average Bonchev–Trinajstić information content (AvgIpc) is 3.27. The fourth-order valence-electron chi connectivity index (χ4n) is 5.38. The van der Waals surface area contributed by atoms with Crippen LogP contribution in [0, 0.1) is 0 Å². The number of aromatic nitrogens is 2. The normalized spacial score (nSPS) is 16.5. The highest BCUT2D eigenvalue weighted by Crippen LogP contribution is 2.41. The van der Waals surface area contributed by atoms with E-state index in [1.807, 2.05) is 30.3 Å². The molecular formula is C29H26N4O3. The van der Waals surface area contributed by atoms with Crippen molar-refractivity contribution in [2.24, 2.45) is 0 Å². The minimum absolute atomic E-state index is 0.250. The molecule has 0 unspecified atom stereocenters. The smallest absolute Gasteiger partial charge is 0.215 e. The Balaban J connectivity index is 1.41. The van der Waals surface area contributed by atoms with Crippen molar-refractivity contribution in [3.63, 3.8) is 0 Å². The van der Waals surface area contributed by atoms with Crippen LogP contribution in [0.1, 0.15) is 19.3 Å². The Morgan fingerprint density at radius 1 is 0.972 bits per heavy atom. The number of para-hydroxylation sites is 1. The number of benzene rings is 2. The van der Waals surface area contributed by atoms with E-state index in [1.54, 1.807) is 11.1 Å². The Bertz CT molecular complexity index is 1600. The second-order valence-corrected chi connectivity index (χ2v) is 9.57. The van der Waals surface area contributed by atoms with Gasteiger partial charge in [-0.2, -0.15) is 0 Å². The third kappa shape index (κ3) is 3.42. The van der Waals surface area contributed by atoms with Gasteiger partial charge in [-0.3, -0.25) is 9.69 Å². The predicted molar refractivity (Wildman–Crippen MR) is 141 cm³/mol. The Morgan fingerprint density at radius 2 is 1.81 bits per heavy atom. The molecule has 1 saturated carbocycles. The summed E-state index contributed by atoms with van der Waals surface area (Å²) in [6, 6.07) is 18.7. The van der Waals surface area contributed by atoms with Gasteiger partial charge in [-0.05, 0) is 66.8 Å². The van der Waals surface area contributed by atoms with E-state index in [1.165, 1.54) is 0 Å². The molecule has 3 aromatic heterocycles. The number of furan rings is 1. The van der Waals surface area contributed by atoms with Gasteiger partial charge in [0.1, 0.15) is 16.9 Å². The maximum atomic E-state index is 11.8. The van der Waals surface area contributed by atoms with E-state index in [-0.39, 0.29) is 6.04 Å². The molecule has 0 atom stereocenters. The van der Waals surface area contributed by atoms with Gasteiger partial charge < -0.3 is 14.1 Å². The summed E-state index contributed by atoms with van der Waals surface area (Å²) >= 11 is 0. The quantitative estimate of drug-likeness (QED) is 0.309. The van der Waals surface area contributed by atoms with Crippen LogP contribution in [0.5, 0.6) is 0 Å². The summed E-state index contributed by atoms with van der Waals surface area (Å²) in [6.45, 7) is 2.96. The SMILES string of the molecule is O=CN(c1cc(-c2ccc3nc4c(oc5ccccc54)c(N4CCOCC4)c3c2)ccn1)C1CCC1. The largest absolute Gasteiger partial charge is 0.452 e. The maximum absolute atomic E-state index is 11.8. The number of hydrogen-bond donors (Lipinski definition) is 0. The number of rotatable bonds is 5. The summed E-state index contributed by atoms with van der Waals surface area (Å²) in [5, 5.41) is 2.07. The van der Waals surface area contributed by atoms with Crippen molar-refractivity contribution in [3.05, 3.63) is 60.8 Å². The Hall–Kier alpha value is -3.97. The third-order valence-electron chi connectivity index (χ3n) is 7.52. The van der Waals surface area contributed by atoms with Gasteiger partial charge in [-0.15, -0.1) is 0 Å². The molecule has 2 aliphatic rings. The van der Waals surface area contributed by atoms with Crippen molar-refractivity contribution in [3.8, 4) is 11.1 Å². The molecule has 0 spiro atoms. The number of amides is 1. The highest BCUT2D eigenvalue weighted by molar-refractivity contribution is 6.14. The summed E-state index contributed by atoms with van der Waals surface area (Å²) in [5.41, 5.74) is 6.61. The minimum Gasteiger partial charge on any atom is -0.452 e. The lowest BCUT2D eigenvalue weighted by molar-refractivity contribution is -0.108. The van der Waals surface area contributed by atoms with Crippen molar-refractivity contribution < 1.29 is 13.9 Å². The van der Waals surface area contributed by atoms with Crippen molar-refractivity contribution in [1.82, 2.24) is 9.97 Å². The first kappa shape index (κ1) is 21.3. The van der Waals surface area contributed by atoms with Crippen LogP contribution in [-0.2, 0) is 9.53 Å². The van der Waals surface area contributed by atoms with Gasteiger partial charge in [-0.25, -0.2) is 9.97 Å². The summed E-state index contributed by atoms with van der Waals surface area (Å²) in [5.74, 6) is 0.701. The molecule has 2 fully saturated rings. The van der Waals surface area contributed by atoms with Crippen LogP contribution in [0.25, 0.3) is 44.1 Å². The van der Waals surface area contributed by atoms with Crippen molar-refractivity contribution in [2.45, 2.75) is 25.3 Å². The molecule has 7 rings (SSSR count). The number of pyridine rings is 2. The number of morpholine rings is 1. The number of carbonyl (C=O) groups excluding carboxylic acids is 1. The van der Waals surface area contributed by atoms with E-state index in [0.29, 0.717) is 19.0 Å². The molecule has 5 aromatic rings. The second kappa shape index (κ2) is 8.60. The zero-order chi connectivity index (χ0) is 24.1. The van der Waals surface area contributed by atoms with Crippen LogP contribution in [0.2, 0.25) is 0 Å². The van der Waals surface area contributed by atoms with E-state index in [0.717, 1.165) is 88.5 Å². The van der Waals surface area contributed by atoms with E-state index >= 15 is 0 Å². The highest BCUT2D eigenvalue weighted by Gasteiger charge is 2.26. The van der Waals surface area contributed by atoms with E-state index in [4.69, 9.17) is 14.1 Å².